The second kappa shape index (κ2) is 5.80. The van der Waals surface area contributed by atoms with Gasteiger partial charge in [0.15, 0.2) is 0 Å². The van der Waals surface area contributed by atoms with Crippen LogP contribution >= 0.6 is 0 Å². The number of amides is 1. The van der Waals surface area contributed by atoms with Crippen LogP contribution in [0.2, 0.25) is 0 Å². The molecule has 0 atom stereocenters. The van der Waals surface area contributed by atoms with Crippen molar-refractivity contribution in [2.24, 2.45) is 7.05 Å². The third-order valence-corrected chi connectivity index (χ3v) is 3.28. The molecule has 1 N–H and O–H groups in total. The summed E-state index contributed by atoms with van der Waals surface area (Å²) in [4.78, 5) is 16.1. The Labute approximate surface area is 127 Å². The van der Waals surface area contributed by atoms with Crippen molar-refractivity contribution in [2.45, 2.75) is 13.5 Å². The van der Waals surface area contributed by atoms with Crippen molar-refractivity contribution in [3.05, 3.63) is 59.7 Å². The van der Waals surface area contributed by atoms with E-state index in [2.05, 4.69) is 32.6 Å². The number of aryl methyl sites for hydroxylation is 2. The first-order chi connectivity index (χ1) is 10.6. The largest absolute Gasteiger partial charge is 0.288 e. The molecule has 0 fully saturated rings. The Balaban J connectivity index is 1.67. The molecule has 112 valence electrons. The first-order valence-electron chi connectivity index (χ1n) is 6.86. The van der Waals surface area contributed by atoms with Crippen LogP contribution in [-0.2, 0) is 13.6 Å². The molecule has 0 saturated carbocycles. The number of benzene rings is 1. The van der Waals surface area contributed by atoms with Gasteiger partial charge in [0.1, 0.15) is 12.0 Å². The van der Waals surface area contributed by atoms with E-state index >= 15 is 0 Å². The Bertz CT molecular complexity index is 786. The first-order valence-corrected chi connectivity index (χ1v) is 6.86. The highest BCUT2D eigenvalue weighted by atomic mass is 16.2. The van der Waals surface area contributed by atoms with Crippen LogP contribution in [-0.4, -0.2) is 30.5 Å². The van der Waals surface area contributed by atoms with Crippen molar-refractivity contribution in [1.29, 1.82) is 0 Å². The van der Waals surface area contributed by atoms with Crippen molar-refractivity contribution in [3.8, 4) is 0 Å². The number of rotatable bonds is 4. The first kappa shape index (κ1) is 14.0. The number of anilines is 1. The van der Waals surface area contributed by atoms with Gasteiger partial charge in [-0.3, -0.25) is 14.8 Å². The van der Waals surface area contributed by atoms with Gasteiger partial charge in [0.25, 0.3) is 5.91 Å². The van der Waals surface area contributed by atoms with Gasteiger partial charge in [-0.25, -0.2) is 9.67 Å². The summed E-state index contributed by atoms with van der Waals surface area (Å²) in [5.74, 6) is -0.00797. The highest BCUT2D eigenvalue weighted by Crippen LogP contribution is 2.07. The van der Waals surface area contributed by atoms with Crippen molar-refractivity contribution in [2.75, 3.05) is 5.32 Å². The standard InChI is InChI=1S/C15H16N6O/c1-11-3-5-12(6-4-11)9-21-10-16-15(19-21)18-14(22)13-7-8-17-20(13)2/h3-8,10H,9H2,1-2H3,(H,18,19,22). The minimum absolute atomic E-state index is 0.276. The molecule has 1 aromatic carbocycles. The zero-order valence-corrected chi connectivity index (χ0v) is 12.4. The number of aromatic nitrogens is 5. The van der Waals surface area contributed by atoms with Gasteiger partial charge in [-0.05, 0) is 18.6 Å². The molecule has 0 spiro atoms. The summed E-state index contributed by atoms with van der Waals surface area (Å²) < 4.78 is 3.18. The Morgan fingerprint density at radius 1 is 1.23 bits per heavy atom. The topological polar surface area (TPSA) is 77.6 Å². The summed E-state index contributed by atoms with van der Waals surface area (Å²) in [5, 5.41) is 10.9. The van der Waals surface area contributed by atoms with Crippen molar-refractivity contribution in [1.82, 2.24) is 24.5 Å². The fourth-order valence-corrected chi connectivity index (χ4v) is 2.07. The lowest BCUT2D eigenvalue weighted by Gasteiger charge is -2.02. The van der Waals surface area contributed by atoms with E-state index in [1.165, 1.54) is 10.2 Å². The van der Waals surface area contributed by atoms with Crippen LogP contribution in [0.3, 0.4) is 0 Å². The molecule has 0 bridgehead atoms. The fraction of sp³-hybridized carbons (Fsp3) is 0.200. The van der Waals surface area contributed by atoms with Crippen LogP contribution in [0.4, 0.5) is 5.95 Å². The third kappa shape index (κ3) is 3.03. The van der Waals surface area contributed by atoms with E-state index < -0.39 is 0 Å². The SMILES string of the molecule is Cc1ccc(Cn2cnc(NC(=O)c3ccnn3C)n2)cc1. The molecule has 7 heteroatoms. The van der Waals surface area contributed by atoms with Gasteiger partial charge in [0.2, 0.25) is 5.95 Å². The van der Waals surface area contributed by atoms with Gasteiger partial charge in [0.05, 0.1) is 6.54 Å². The lowest BCUT2D eigenvalue weighted by Crippen LogP contribution is -2.17. The van der Waals surface area contributed by atoms with E-state index in [1.807, 2.05) is 19.1 Å². The second-order valence-corrected chi connectivity index (χ2v) is 5.05. The zero-order chi connectivity index (χ0) is 15.5. The number of carbonyl (C=O) groups excluding carboxylic acids is 1. The molecule has 1 amide bonds. The maximum Gasteiger partial charge on any atom is 0.276 e. The molecule has 0 aliphatic heterocycles. The van der Waals surface area contributed by atoms with Gasteiger partial charge in [-0.15, -0.1) is 5.10 Å². The molecular formula is C15H16N6O. The second-order valence-electron chi connectivity index (χ2n) is 5.05. The molecule has 3 aromatic rings. The fourth-order valence-electron chi connectivity index (χ4n) is 2.07. The van der Waals surface area contributed by atoms with Crippen LogP contribution in [0.1, 0.15) is 21.6 Å². The average Bonchev–Trinajstić information content (AvgIpc) is 3.10. The summed E-state index contributed by atoms with van der Waals surface area (Å²) in [6, 6.07) is 9.84. The van der Waals surface area contributed by atoms with Crippen LogP contribution in [0.15, 0.2) is 42.9 Å². The van der Waals surface area contributed by atoms with E-state index in [4.69, 9.17) is 0 Å². The molecule has 0 aliphatic carbocycles. The Kier molecular flexibility index (Phi) is 3.69. The highest BCUT2D eigenvalue weighted by Gasteiger charge is 2.12. The van der Waals surface area contributed by atoms with E-state index in [0.717, 1.165) is 5.56 Å². The van der Waals surface area contributed by atoms with Gasteiger partial charge >= 0.3 is 0 Å². The van der Waals surface area contributed by atoms with Crippen LogP contribution in [0.5, 0.6) is 0 Å². The summed E-state index contributed by atoms with van der Waals surface area (Å²) in [6.07, 6.45) is 3.16. The molecule has 0 aliphatic rings. The summed E-state index contributed by atoms with van der Waals surface area (Å²) in [6.45, 7) is 2.65. The maximum absolute atomic E-state index is 12.0. The number of carbonyl (C=O) groups is 1. The normalized spacial score (nSPS) is 10.6. The molecular weight excluding hydrogens is 280 g/mol. The lowest BCUT2D eigenvalue weighted by molar-refractivity contribution is 0.101. The zero-order valence-electron chi connectivity index (χ0n) is 12.4. The maximum atomic E-state index is 12.0. The minimum Gasteiger partial charge on any atom is -0.288 e. The predicted molar refractivity (Wildman–Crippen MR) is 81.5 cm³/mol. The minimum atomic E-state index is -0.284. The number of hydrogen-bond donors (Lipinski definition) is 1. The van der Waals surface area contributed by atoms with Gasteiger partial charge in [-0.2, -0.15) is 5.10 Å². The van der Waals surface area contributed by atoms with Crippen LogP contribution in [0.25, 0.3) is 0 Å². The quantitative estimate of drug-likeness (QED) is 0.793. The van der Waals surface area contributed by atoms with Gasteiger partial charge < -0.3 is 0 Å². The Hall–Kier alpha value is -2.96. The molecule has 0 saturated heterocycles. The molecule has 22 heavy (non-hydrogen) atoms. The third-order valence-electron chi connectivity index (χ3n) is 3.28. The van der Waals surface area contributed by atoms with Crippen molar-refractivity contribution >= 4 is 11.9 Å². The number of nitrogens with one attached hydrogen (secondary N) is 1. The van der Waals surface area contributed by atoms with Crippen molar-refractivity contribution < 1.29 is 4.79 Å². The predicted octanol–water partition coefficient (Wildman–Crippen LogP) is 1.62. The Morgan fingerprint density at radius 3 is 2.68 bits per heavy atom. The number of nitrogens with zero attached hydrogens (tertiary/aromatic N) is 5. The molecule has 3 rings (SSSR count). The lowest BCUT2D eigenvalue weighted by atomic mass is 10.1. The van der Waals surface area contributed by atoms with Gasteiger partial charge in [-0.1, -0.05) is 29.8 Å². The van der Waals surface area contributed by atoms with E-state index in [9.17, 15) is 4.79 Å². The average molecular weight is 296 g/mol. The monoisotopic (exact) mass is 296 g/mol. The summed E-state index contributed by atoms with van der Waals surface area (Å²) in [7, 11) is 1.71. The smallest absolute Gasteiger partial charge is 0.276 e. The number of hydrogen-bond acceptors (Lipinski definition) is 4. The molecule has 2 aromatic heterocycles. The highest BCUT2D eigenvalue weighted by molar-refractivity contribution is 6.01. The van der Waals surface area contributed by atoms with Gasteiger partial charge in [0, 0.05) is 13.2 Å². The molecule has 7 nitrogen and oxygen atoms in total. The van der Waals surface area contributed by atoms with E-state index in [-0.39, 0.29) is 11.9 Å². The van der Waals surface area contributed by atoms with E-state index in [1.54, 1.807) is 30.3 Å². The molecule has 0 unspecified atom stereocenters. The molecule has 0 radical (unpaired) electrons. The van der Waals surface area contributed by atoms with Crippen molar-refractivity contribution in [3.63, 3.8) is 0 Å². The Morgan fingerprint density at radius 2 is 2.00 bits per heavy atom. The summed E-state index contributed by atoms with van der Waals surface area (Å²) >= 11 is 0. The van der Waals surface area contributed by atoms with Crippen LogP contribution < -0.4 is 5.32 Å². The summed E-state index contributed by atoms with van der Waals surface area (Å²) in [5.41, 5.74) is 2.79. The molecule has 2 heterocycles. The van der Waals surface area contributed by atoms with Crippen LogP contribution in [0, 0.1) is 6.92 Å². The van der Waals surface area contributed by atoms with E-state index in [0.29, 0.717) is 12.2 Å².